The second kappa shape index (κ2) is 4.86. The van der Waals surface area contributed by atoms with Gasteiger partial charge in [-0.25, -0.2) is 0 Å². The van der Waals surface area contributed by atoms with Crippen molar-refractivity contribution in [1.82, 2.24) is 0 Å². The van der Waals surface area contributed by atoms with E-state index in [9.17, 15) is 9.59 Å². The van der Waals surface area contributed by atoms with E-state index in [0.717, 1.165) is 7.11 Å². The molecule has 0 fully saturated rings. The van der Waals surface area contributed by atoms with Gasteiger partial charge in [0.1, 0.15) is 5.75 Å². The maximum absolute atomic E-state index is 11.5. The molecule has 0 spiro atoms. The summed E-state index contributed by atoms with van der Waals surface area (Å²) in [6.07, 6.45) is 0.00921. The molecule has 0 aliphatic heterocycles. The zero-order valence-electron chi connectivity index (χ0n) is 9.64. The molecule has 1 aromatic carbocycles. The Morgan fingerprint density at radius 3 is 2.24 bits per heavy atom. The van der Waals surface area contributed by atoms with Gasteiger partial charge in [0, 0.05) is 0 Å². The van der Waals surface area contributed by atoms with E-state index in [1.165, 1.54) is 19.1 Å². The lowest BCUT2D eigenvalue weighted by Crippen LogP contribution is -2.39. The first-order chi connectivity index (χ1) is 7.90. The monoisotopic (exact) mass is 238 g/mol. The third-order valence-electron chi connectivity index (χ3n) is 2.60. The van der Waals surface area contributed by atoms with Gasteiger partial charge in [0.05, 0.1) is 7.11 Å². The first kappa shape index (κ1) is 13.0. The number of aliphatic carboxylic acids is 1. The number of phenolic OH excluding ortho intramolecular Hbond substituents is 1. The van der Waals surface area contributed by atoms with E-state index in [2.05, 4.69) is 4.74 Å². The number of phenols is 1. The zero-order valence-corrected chi connectivity index (χ0v) is 9.64. The summed E-state index contributed by atoms with van der Waals surface area (Å²) in [7, 11) is 1.15. The van der Waals surface area contributed by atoms with Crippen LogP contribution in [0.15, 0.2) is 24.3 Å². The summed E-state index contributed by atoms with van der Waals surface area (Å²) in [5.41, 5.74) is -0.982. The van der Waals surface area contributed by atoms with Crippen molar-refractivity contribution in [1.29, 1.82) is 0 Å². The van der Waals surface area contributed by atoms with Crippen LogP contribution in [0.3, 0.4) is 0 Å². The highest BCUT2D eigenvalue weighted by Crippen LogP contribution is 2.25. The van der Waals surface area contributed by atoms with Gasteiger partial charge >= 0.3 is 11.9 Å². The van der Waals surface area contributed by atoms with Gasteiger partial charge in [-0.15, -0.1) is 0 Å². The van der Waals surface area contributed by atoms with Crippen LogP contribution in [0.2, 0.25) is 0 Å². The smallest absolute Gasteiger partial charge is 0.323 e. The highest BCUT2D eigenvalue weighted by Gasteiger charge is 2.42. The number of carbonyl (C=O) groups excluding carboxylic acids is 1. The number of benzene rings is 1. The Bertz CT molecular complexity index is 423. The van der Waals surface area contributed by atoms with Crippen LogP contribution in [0.25, 0.3) is 0 Å². The van der Waals surface area contributed by atoms with Crippen LogP contribution in [0.5, 0.6) is 5.75 Å². The van der Waals surface area contributed by atoms with Crippen LogP contribution in [-0.4, -0.2) is 29.3 Å². The number of methoxy groups -OCH3 is 1. The van der Waals surface area contributed by atoms with Crippen LogP contribution >= 0.6 is 0 Å². The molecule has 1 aromatic rings. The number of carboxylic acid groups (broad SMARTS) is 1. The molecule has 1 unspecified atom stereocenters. The predicted molar refractivity (Wildman–Crippen MR) is 59.6 cm³/mol. The fraction of sp³-hybridized carbons (Fsp3) is 0.333. The van der Waals surface area contributed by atoms with Crippen LogP contribution in [-0.2, 0) is 20.7 Å². The van der Waals surface area contributed by atoms with Crippen molar-refractivity contribution < 1.29 is 24.5 Å². The van der Waals surface area contributed by atoms with Crippen molar-refractivity contribution in [2.45, 2.75) is 13.3 Å². The maximum Gasteiger partial charge on any atom is 0.323 e. The van der Waals surface area contributed by atoms with Crippen LogP contribution in [0.1, 0.15) is 12.5 Å². The number of esters is 1. The average molecular weight is 238 g/mol. The largest absolute Gasteiger partial charge is 0.508 e. The van der Waals surface area contributed by atoms with Crippen molar-refractivity contribution in [2.75, 3.05) is 7.11 Å². The van der Waals surface area contributed by atoms with Crippen LogP contribution in [0, 0.1) is 5.41 Å². The molecule has 0 aromatic heterocycles. The van der Waals surface area contributed by atoms with Gasteiger partial charge in [-0.3, -0.25) is 9.59 Å². The van der Waals surface area contributed by atoms with E-state index < -0.39 is 17.4 Å². The lowest BCUT2D eigenvalue weighted by molar-refractivity contribution is -0.165. The summed E-state index contributed by atoms with van der Waals surface area (Å²) in [6.45, 7) is 1.31. The minimum Gasteiger partial charge on any atom is -0.508 e. The molecule has 0 aliphatic rings. The van der Waals surface area contributed by atoms with Crippen molar-refractivity contribution in [3.8, 4) is 5.75 Å². The molecule has 0 heterocycles. The fourth-order valence-electron chi connectivity index (χ4n) is 1.48. The van der Waals surface area contributed by atoms with E-state index >= 15 is 0 Å². The summed E-state index contributed by atoms with van der Waals surface area (Å²) in [5, 5.41) is 18.2. The maximum atomic E-state index is 11.5. The summed E-state index contributed by atoms with van der Waals surface area (Å²) in [5.74, 6) is -1.95. The van der Waals surface area contributed by atoms with E-state index in [-0.39, 0.29) is 12.2 Å². The van der Waals surface area contributed by atoms with Gasteiger partial charge < -0.3 is 14.9 Å². The lowest BCUT2D eigenvalue weighted by atomic mass is 9.83. The molecule has 0 aliphatic carbocycles. The Hall–Kier alpha value is -2.04. The molecule has 17 heavy (non-hydrogen) atoms. The van der Waals surface area contributed by atoms with E-state index in [1.54, 1.807) is 12.1 Å². The Balaban J connectivity index is 2.99. The molecule has 1 rings (SSSR count). The minimum absolute atomic E-state index is 0.00921. The number of hydrogen-bond donors (Lipinski definition) is 2. The van der Waals surface area contributed by atoms with Gasteiger partial charge in [0.15, 0.2) is 5.41 Å². The van der Waals surface area contributed by atoms with Gasteiger partial charge in [-0.05, 0) is 31.0 Å². The summed E-state index contributed by atoms with van der Waals surface area (Å²) >= 11 is 0. The van der Waals surface area contributed by atoms with Gasteiger partial charge in [0.25, 0.3) is 0 Å². The first-order valence-electron chi connectivity index (χ1n) is 5.00. The number of carboxylic acids is 1. The first-order valence-corrected chi connectivity index (χ1v) is 5.00. The molecular formula is C12H14O5. The molecule has 0 radical (unpaired) electrons. The van der Waals surface area contributed by atoms with E-state index in [1.807, 2.05) is 0 Å². The third-order valence-corrected chi connectivity index (χ3v) is 2.60. The zero-order chi connectivity index (χ0) is 13.1. The van der Waals surface area contributed by atoms with E-state index in [4.69, 9.17) is 10.2 Å². The van der Waals surface area contributed by atoms with Crippen molar-refractivity contribution in [3.63, 3.8) is 0 Å². The number of carbonyl (C=O) groups is 2. The summed E-state index contributed by atoms with van der Waals surface area (Å²) < 4.78 is 4.50. The Morgan fingerprint density at radius 1 is 1.29 bits per heavy atom. The molecule has 0 bridgehead atoms. The molecule has 0 saturated heterocycles. The Kier molecular flexibility index (Phi) is 3.73. The quantitative estimate of drug-likeness (QED) is 0.608. The van der Waals surface area contributed by atoms with E-state index in [0.29, 0.717) is 5.56 Å². The highest BCUT2D eigenvalue weighted by atomic mass is 16.5. The SMILES string of the molecule is COC(=O)C(C)(Cc1ccc(O)cc1)C(=O)O. The number of ether oxygens (including phenoxy) is 1. The Labute approximate surface area is 98.6 Å². The number of rotatable bonds is 4. The Morgan fingerprint density at radius 2 is 1.82 bits per heavy atom. The fourth-order valence-corrected chi connectivity index (χ4v) is 1.48. The summed E-state index contributed by atoms with van der Waals surface area (Å²) in [6, 6.07) is 6.02. The third kappa shape index (κ3) is 2.75. The minimum atomic E-state index is -1.62. The number of hydrogen-bond acceptors (Lipinski definition) is 4. The second-order valence-electron chi connectivity index (χ2n) is 3.97. The average Bonchev–Trinajstić information content (AvgIpc) is 2.30. The van der Waals surface area contributed by atoms with Crippen LogP contribution < -0.4 is 0 Å². The lowest BCUT2D eigenvalue weighted by Gasteiger charge is -2.21. The van der Waals surface area contributed by atoms with Crippen molar-refractivity contribution in [2.24, 2.45) is 5.41 Å². The molecule has 0 amide bonds. The normalized spacial score (nSPS) is 13.8. The van der Waals surface area contributed by atoms with Gasteiger partial charge in [-0.2, -0.15) is 0 Å². The topological polar surface area (TPSA) is 83.8 Å². The standard InChI is InChI=1S/C12H14O5/c1-12(10(14)15,11(16)17-2)7-8-3-5-9(13)6-4-8/h3-6,13H,7H2,1-2H3,(H,14,15). The molecule has 5 nitrogen and oxygen atoms in total. The molecular weight excluding hydrogens is 224 g/mol. The van der Waals surface area contributed by atoms with Crippen molar-refractivity contribution in [3.05, 3.63) is 29.8 Å². The summed E-state index contributed by atoms with van der Waals surface area (Å²) in [4.78, 5) is 22.6. The molecule has 92 valence electrons. The van der Waals surface area contributed by atoms with Crippen LogP contribution in [0.4, 0.5) is 0 Å². The number of aromatic hydroxyl groups is 1. The van der Waals surface area contributed by atoms with Gasteiger partial charge in [-0.1, -0.05) is 12.1 Å². The van der Waals surface area contributed by atoms with Crippen molar-refractivity contribution >= 4 is 11.9 Å². The predicted octanol–water partition coefficient (Wildman–Crippen LogP) is 1.20. The molecule has 0 saturated carbocycles. The highest BCUT2D eigenvalue weighted by molar-refractivity contribution is 5.98. The molecule has 5 heteroatoms. The van der Waals surface area contributed by atoms with Gasteiger partial charge in [0.2, 0.25) is 0 Å². The molecule has 2 N–H and O–H groups in total. The molecule has 1 atom stereocenters. The second-order valence-corrected chi connectivity index (χ2v) is 3.97.